The minimum atomic E-state index is -0.591. The second-order valence-electron chi connectivity index (χ2n) is 4.99. The molecule has 2 aliphatic heterocycles. The maximum Gasteiger partial charge on any atom is 0.228 e. The van der Waals surface area contributed by atoms with Crippen LogP contribution in [-0.4, -0.2) is 23.7 Å². The Bertz CT molecular complexity index is 466. The second kappa shape index (κ2) is 4.71. The van der Waals surface area contributed by atoms with E-state index < -0.39 is 6.10 Å². The van der Waals surface area contributed by atoms with Crippen LogP contribution in [0.3, 0.4) is 0 Å². The van der Waals surface area contributed by atoms with Crippen LogP contribution >= 0.6 is 0 Å². The first-order valence-electron chi connectivity index (χ1n) is 6.46. The third-order valence-corrected chi connectivity index (χ3v) is 3.66. The molecule has 18 heavy (non-hydrogen) atoms. The molecule has 96 valence electrons. The molecule has 1 fully saturated rings. The first kappa shape index (κ1) is 11.7. The van der Waals surface area contributed by atoms with Crippen molar-refractivity contribution in [1.82, 2.24) is 0 Å². The van der Waals surface area contributed by atoms with Crippen molar-refractivity contribution >= 4 is 11.6 Å². The number of aliphatic hydroxyl groups is 1. The highest BCUT2D eigenvalue weighted by Gasteiger charge is 2.26. The quantitative estimate of drug-likeness (QED) is 0.837. The normalized spacial score (nSPS) is 24.5. The first-order valence-corrected chi connectivity index (χ1v) is 6.46. The van der Waals surface area contributed by atoms with Crippen LogP contribution in [0.15, 0.2) is 18.2 Å². The fourth-order valence-electron chi connectivity index (χ4n) is 2.66. The van der Waals surface area contributed by atoms with Gasteiger partial charge in [-0.25, -0.2) is 0 Å². The van der Waals surface area contributed by atoms with Gasteiger partial charge < -0.3 is 15.2 Å². The zero-order valence-corrected chi connectivity index (χ0v) is 10.2. The number of ether oxygens (including phenoxy) is 1. The monoisotopic (exact) mass is 247 g/mol. The lowest BCUT2D eigenvalue weighted by Gasteiger charge is -2.27. The van der Waals surface area contributed by atoms with Gasteiger partial charge in [-0.1, -0.05) is 12.1 Å². The highest BCUT2D eigenvalue weighted by atomic mass is 16.5. The van der Waals surface area contributed by atoms with Gasteiger partial charge in [0.25, 0.3) is 0 Å². The van der Waals surface area contributed by atoms with Gasteiger partial charge in [0.15, 0.2) is 0 Å². The van der Waals surface area contributed by atoms with Crippen LogP contribution in [-0.2, 0) is 16.0 Å². The van der Waals surface area contributed by atoms with Gasteiger partial charge in [0.1, 0.15) is 6.10 Å². The van der Waals surface area contributed by atoms with Gasteiger partial charge in [-0.2, -0.15) is 0 Å². The minimum Gasteiger partial charge on any atom is -0.386 e. The van der Waals surface area contributed by atoms with Gasteiger partial charge in [0.2, 0.25) is 5.91 Å². The number of benzene rings is 1. The summed E-state index contributed by atoms with van der Waals surface area (Å²) in [5, 5.41) is 13.1. The second-order valence-corrected chi connectivity index (χ2v) is 4.99. The predicted octanol–water partition coefficient (Wildman–Crippen LogP) is 1.78. The summed E-state index contributed by atoms with van der Waals surface area (Å²) in [5.74, 6) is 0.0190. The van der Waals surface area contributed by atoms with E-state index in [1.165, 1.54) is 0 Å². The fraction of sp³-hybridized carbons (Fsp3) is 0.500. The van der Waals surface area contributed by atoms with Crippen molar-refractivity contribution in [2.75, 3.05) is 11.9 Å². The number of carbonyl (C=O) groups is 1. The van der Waals surface area contributed by atoms with E-state index in [1.54, 1.807) is 0 Å². The summed E-state index contributed by atoms with van der Waals surface area (Å²) in [6.45, 7) is 0.729. The molecule has 2 heterocycles. The summed E-state index contributed by atoms with van der Waals surface area (Å²) in [5.41, 5.74) is 2.67. The van der Waals surface area contributed by atoms with Crippen molar-refractivity contribution in [2.45, 2.75) is 37.9 Å². The number of nitrogens with one attached hydrogen (secondary N) is 1. The molecule has 1 aromatic rings. The zero-order chi connectivity index (χ0) is 12.5. The van der Waals surface area contributed by atoms with Crippen molar-refractivity contribution in [1.29, 1.82) is 0 Å². The topological polar surface area (TPSA) is 58.6 Å². The number of fused-ring (bicyclic) bond motifs is 1. The largest absolute Gasteiger partial charge is 0.386 e. The van der Waals surface area contributed by atoms with Gasteiger partial charge in [-0.3, -0.25) is 4.79 Å². The molecule has 0 saturated carbocycles. The predicted molar refractivity (Wildman–Crippen MR) is 67.3 cm³/mol. The molecular formula is C14H17NO3. The average molecular weight is 247 g/mol. The van der Waals surface area contributed by atoms with E-state index in [2.05, 4.69) is 5.32 Å². The highest BCUT2D eigenvalue weighted by molar-refractivity contribution is 5.99. The minimum absolute atomic E-state index is 0.0190. The maximum atomic E-state index is 11.3. The summed E-state index contributed by atoms with van der Waals surface area (Å²) < 4.78 is 5.60. The molecule has 2 unspecified atom stereocenters. The average Bonchev–Trinajstić information content (AvgIpc) is 2.78. The fourth-order valence-corrected chi connectivity index (χ4v) is 2.66. The molecule has 2 atom stereocenters. The number of anilines is 1. The van der Waals surface area contributed by atoms with Crippen LogP contribution in [0.1, 0.15) is 36.5 Å². The number of hydrogen-bond donors (Lipinski definition) is 2. The molecule has 3 rings (SSSR count). The zero-order valence-electron chi connectivity index (χ0n) is 10.2. The Balaban J connectivity index is 1.80. The maximum absolute atomic E-state index is 11.3. The SMILES string of the molecule is O=C1Cc2cc(C(O)C3CCCCO3)ccc2N1. The summed E-state index contributed by atoms with van der Waals surface area (Å²) in [7, 11) is 0. The Morgan fingerprint density at radius 1 is 1.39 bits per heavy atom. The summed E-state index contributed by atoms with van der Waals surface area (Å²) >= 11 is 0. The van der Waals surface area contributed by atoms with E-state index in [9.17, 15) is 9.90 Å². The molecule has 0 aromatic heterocycles. The van der Waals surface area contributed by atoms with Crippen molar-refractivity contribution in [3.63, 3.8) is 0 Å². The lowest BCUT2D eigenvalue weighted by atomic mass is 9.96. The van der Waals surface area contributed by atoms with Crippen LogP contribution in [0.4, 0.5) is 5.69 Å². The Morgan fingerprint density at radius 3 is 3.06 bits per heavy atom. The first-order chi connectivity index (χ1) is 8.74. The molecule has 1 amide bonds. The lowest BCUT2D eigenvalue weighted by molar-refractivity contribution is -0.115. The van der Waals surface area contributed by atoms with Crippen LogP contribution < -0.4 is 5.32 Å². The molecule has 0 spiro atoms. The number of carbonyl (C=O) groups excluding carboxylic acids is 1. The van der Waals surface area contributed by atoms with E-state index in [-0.39, 0.29) is 12.0 Å². The van der Waals surface area contributed by atoms with E-state index in [0.717, 1.165) is 42.7 Å². The summed E-state index contributed by atoms with van der Waals surface area (Å²) in [6.07, 6.45) is 2.78. The number of aliphatic hydroxyl groups excluding tert-OH is 1. The third-order valence-electron chi connectivity index (χ3n) is 3.66. The molecule has 4 nitrogen and oxygen atoms in total. The third kappa shape index (κ3) is 2.13. The standard InChI is InChI=1S/C14H17NO3/c16-13-8-10-7-9(4-5-11(10)15-13)14(17)12-3-1-2-6-18-12/h4-5,7,12,14,17H,1-3,6,8H2,(H,15,16). The van der Waals surface area contributed by atoms with Crippen molar-refractivity contribution < 1.29 is 14.6 Å². The molecule has 0 radical (unpaired) electrons. The molecule has 0 bridgehead atoms. The number of amides is 1. The van der Waals surface area contributed by atoms with Crippen LogP contribution in [0.25, 0.3) is 0 Å². The molecule has 2 aliphatic rings. The van der Waals surface area contributed by atoms with Gasteiger partial charge in [-0.15, -0.1) is 0 Å². The molecule has 0 aliphatic carbocycles. The molecule has 1 saturated heterocycles. The van der Waals surface area contributed by atoms with Crippen LogP contribution in [0.2, 0.25) is 0 Å². The Morgan fingerprint density at radius 2 is 2.28 bits per heavy atom. The lowest BCUT2D eigenvalue weighted by Crippen LogP contribution is -2.26. The van der Waals surface area contributed by atoms with Crippen molar-refractivity contribution in [3.8, 4) is 0 Å². The van der Waals surface area contributed by atoms with Crippen LogP contribution in [0, 0.1) is 0 Å². The van der Waals surface area contributed by atoms with Gasteiger partial charge in [0, 0.05) is 12.3 Å². The molecule has 1 aromatic carbocycles. The Hall–Kier alpha value is -1.39. The Kier molecular flexibility index (Phi) is 3.06. The number of rotatable bonds is 2. The van der Waals surface area contributed by atoms with Gasteiger partial charge >= 0.3 is 0 Å². The smallest absolute Gasteiger partial charge is 0.228 e. The van der Waals surface area contributed by atoms with E-state index in [1.807, 2.05) is 18.2 Å². The molecule has 2 N–H and O–H groups in total. The van der Waals surface area contributed by atoms with Gasteiger partial charge in [-0.05, 0) is 36.5 Å². The van der Waals surface area contributed by atoms with E-state index in [0.29, 0.717) is 6.42 Å². The summed E-state index contributed by atoms with van der Waals surface area (Å²) in [6, 6.07) is 5.64. The van der Waals surface area contributed by atoms with E-state index in [4.69, 9.17) is 4.74 Å². The van der Waals surface area contributed by atoms with E-state index >= 15 is 0 Å². The summed E-state index contributed by atoms with van der Waals surface area (Å²) in [4.78, 5) is 11.3. The highest BCUT2D eigenvalue weighted by Crippen LogP contribution is 2.30. The molecular weight excluding hydrogens is 230 g/mol. The van der Waals surface area contributed by atoms with Crippen molar-refractivity contribution in [3.05, 3.63) is 29.3 Å². The van der Waals surface area contributed by atoms with Gasteiger partial charge in [0.05, 0.1) is 12.5 Å². The van der Waals surface area contributed by atoms with Crippen molar-refractivity contribution in [2.24, 2.45) is 0 Å². The van der Waals surface area contributed by atoms with Crippen LogP contribution in [0.5, 0.6) is 0 Å². The number of hydrogen-bond acceptors (Lipinski definition) is 3. The molecule has 4 heteroatoms. The Labute approximate surface area is 106 Å².